The fourth-order valence-corrected chi connectivity index (χ4v) is 2.53. The summed E-state index contributed by atoms with van der Waals surface area (Å²) in [6, 6.07) is 17.8. The molecule has 1 unspecified atom stereocenters. The molecule has 1 amide bonds. The van der Waals surface area contributed by atoms with Crippen LogP contribution in [0.15, 0.2) is 54.6 Å². The van der Waals surface area contributed by atoms with Crippen molar-refractivity contribution in [2.45, 2.75) is 12.6 Å². The lowest BCUT2D eigenvalue weighted by Crippen LogP contribution is -2.34. The lowest BCUT2D eigenvalue weighted by molar-refractivity contribution is 0.0941. The maximum absolute atomic E-state index is 12.4. The van der Waals surface area contributed by atoms with Crippen LogP contribution in [0, 0.1) is 0 Å². The van der Waals surface area contributed by atoms with Crippen molar-refractivity contribution in [1.29, 1.82) is 0 Å². The predicted molar refractivity (Wildman–Crippen MR) is 92.4 cm³/mol. The van der Waals surface area contributed by atoms with Crippen molar-refractivity contribution in [3.05, 3.63) is 71.3 Å². The van der Waals surface area contributed by atoms with Crippen LogP contribution in [0.4, 0.5) is 0 Å². The van der Waals surface area contributed by atoms with Crippen molar-refractivity contribution in [1.82, 2.24) is 10.2 Å². The van der Waals surface area contributed by atoms with Crippen LogP contribution in [0.2, 0.25) is 0 Å². The lowest BCUT2D eigenvalue weighted by atomic mass is 10.1. The van der Waals surface area contributed by atoms with E-state index in [0.29, 0.717) is 18.7 Å². The van der Waals surface area contributed by atoms with Crippen LogP contribution in [0.3, 0.4) is 0 Å². The highest BCUT2D eigenvalue weighted by atomic mass is 16.5. The van der Waals surface area contributed by atoms with E-state index in [4.69, 9.17) is 4.74 Å². The summed E-state index contributed by atoms with van der Waals surface area (Å²) in [6.45, 7) is 1.07. The number of methoxy groups -OCH3 is 1. The van der Waals surface area contributed by atoms with Gasteiger partial charge in [0.1, 0.15) is 0 Å². The third-order valence-electron chi connectivity index (χ3n) is 3.76. The van der Waals surface area contributed by atoms with E-state index in [0.717, 1.165) is 5.56 Å². The van der Waals surface area contributed by atoms with Gasteiger partial charge in [-0.25, -0.2) is 0 Å². The maximum atomic E-state index is 12.4. The van der Waals surface area contributed by atoms with E-state index in [1.807, 2.05) is 56.6 Å². The average molecular weight is 312 g/mol. The van der Waals surface area contributed by atoms with Crippen LogP contribution in [0.5, 0.6) is 0 Å². The van der Waals surface area contributed by atoms with Crippen LogP contribution in [-0.4, -0.2) is 38.6 Å². The average Bonchev–Trinajstić information content (AvgIpc) is 2.56. The number of nitrogens with zero attached hydrogens (tertiary/aromatic N) is 1. The minimum atomic E-state index is -0.0641. The van der Waals surface area contributed by atoms with Gasteiger partial charge in [0, 0.05) is 19.2 Å². The normalized spacial score (nSPS) is 12.2. The van der Waals surface area contributed by atoms with Gasteiger partial charge in [0.2, 0.25) is 0 Å². The number of hydrogen-bond acceptors (Lipinski definition) is 3. The minimum absolute atomic E-state index is 0.0641. The van der Waals surface area contributed by atoms with E-state index in [1.165, 1.54) is 5.56 Å². The minimum Gasteiger partial charge on any atom is -0.380 e. The topological polar surface area (TPSA) is 41.6 Å². The monoisotopic (exact) mass is 312 g/mol. The summed E-state index contributed by atoms with van der Waals surface area (Å²) in [4.78, 5) is 14.5. The molecular formula is C19H24N2O2. The predicted octanol–water partition coefficient (Wildman–Crippen LogP) is 2.87. The van der Waals surface area contributed by atoms with Crippen LogP contribution >= 0.6 is 0 Å². The highest BCUT2D eigenvalue weighted by molar-refractivity contribution is 5.94. The molecule has 0 radical (unpaired) electrons. The second kappa shape index (κ2) is 8.46. The molecule has 0 fully saturated rings. The van der Waals surface area contributed by atoms with Crippen molar-refractivity contribution < 1.29 is 9.53 Å². The van der Waals surface area contributed by atoms with Gasteiger partial charge < -0.3 is 15.0 Å². The molecule has 0 heterocycles. The van der Waals surface area contributed by atoms with E-state index in [9.17, 15) is 4.79 Å². The summed E-state index contributed by atoms with van der Waals surface area (Å²) in [5.74, 6) is -0.0641. The molecule has 0 aliphatic heterocycles. The molecular weight excluding hydrogens is 288 g/mol. The third kappa shape index (κ3) is 4.91. The van der Waals surface area contributed by atoms with Crippen molar-refractivity contribution in [2.75, 3.05) is 27.7 Å². The first kappa shape index (κ1) is 17.2. The zero-order chi connectivity index (χ0) is 16.7. The molecule has 2 rings (SSSR count). The van der Waals surface area contributed by atoms with Gasteiger partial charge in [0.25, 0.3) is 5.91 Å². The maximum Gasteiger partial charge on any atom is 0.251 e. The zero-order valence-corrected chi connectivity index (χ0v) is 14.0. The Bertz CT molecular complexity index is 626. The molecule has 0 aliphatic rings. The van der Waals surface area contributed by atoms with Crippen molar-refractivity contribution in [3.63, 3.8) is 0 Å². The molecule has 0 bridgehead atoms. The first-order valence-corrected chi connectivity index (χ1v) is 7.69. The first-order valence-electron chi connectivity index (χ1n) is 7.69. The second-order valence-corrected chi connectivity index (χ2v) is 5.73. The van der Waals surface area contributed by atoms with Gasteiger partial charge in [-0.1, -0.05) is 42.5 Å². The van der Waals surface area contributed by atoms with E-state index < -0.39 is 0 Å². The Morgan fingerprint density at radius 3 is 2.52 bits per heavy atom. The third-order valence-corrected chi connectivity index (χ3v) is 3.76. The molecule has 1 atom stereocenters. The largest absolute Gasteiger partial charge is 0.380 e. The molecule has 2 aromatic rings. The Hall–Kier alpha value is -2.17. The van der Waals surface area contributed by atoms with Crippen LogP contribution in [0.1, 0.15) is 27.5 Å². The number of ether oxygens (including phenoxy) is 1. The number of hydrogen-bond donors (Lipinski definition) is 1. The molecule has 122 valence electrons. The van der Waals surface area contributed by atoms with E-state index in [-0.39, 0.29) is 11.9 Å². The van der Waals surface area contributed by atoms with Gasteiger partial charge in [-0.15, -0.1) is 0 Å². The number of benzene rings is 2. The molecule has 23 heavy (non-hydrogen) atoms. The SMILES string of the molecule is COCc1cccc(C(=O)NCC(c2ccccc2)N(C)C)c1. The highest BCUT2D eigenvalue weighted by Gasteiger charge is 2.15. The van der Waals surface area contributed by atoms with Gasteiger partial charge >= 0.3 is 0 Å². The van der Waals surface area contributed by atoms with Gasteiger partial charge in [-0.2, -0.15) is 0 Å². The van der Waals surface area contributed by atoms with Crippen LogP contribution in [0.25, 0.3) is 0 Å². The number of nitrogens with one attached hydrogen (secondary N) is 1. The number of rotatable bonds is 7. The van der Waals surface area contributed by atoms with Crippen molar-refractivity contribution in [2.24, 2.45) is 0 Å². The summed E-state index contributed by atoms with van der Waals surface area (Å²) < 4.78 is 5.11. The number of amides is 1. The molecule has 0 saturated heterocycles. The Morgan fingerprint density at radius 1 is 1.13 bits per heavy atom. The van der Waals surface area contributed by atoms with Gasteiger partial charge in [-0.05, 0) is 37.4 Å². The Kier molecular flexibility index (Phi) is 6.32. The molecule has 0 saturated carbocycles. The number of carbonyl (C=O) groups excluding carboxylic acids is 1. The summed E-state index contributed by atoms with van der Waals surface area (Å²) >= 11 is 0. The molecule has 0 aliphatic carbocycles. The fraction of sp³-hybridized carbons (Fsp3) is 0.316. The quantitative estimate of drug-likeness (QED) is 0.855. The van der Waals surface area contributed by atoms with Crippen LogP contribution < -0.4 is 5.32 Å². The number of likely N-dealkylation sites (N-methyl/N-ethyl adjacent to an activating group) is 1. The molecule has 0 spiro atoms. The van der Waals surface area contributed by atoms with E-state index in [2.05, 4.69) is 22.3 Å². The molecule has 4 heteroatoms. The van der Waals surface area contributed by atoms with Gasteiger partial charge in [0.15, 0.2) is 0 Å². The highest BCUT2D eigenvalue weighted by Crippen LogP contribution is 2.17. The smallest absolute Gasteiger partial charge is 0.251 e. The number of carbonyl (C=O) groups is 1. The van der Waals surface area contributed by atoms with Gasteiger partial charge in [-0.3, -0.25) is 4.79 Å². The molecule has 4 nitrogen and oxygen atoms in total. The fourth-order valence-electron chi connectivity index (χ4n) is 2.53. The van der Waals surface area contributed by atoms with Crippen molar-refractivity contribution in [3.8, 4) is 0 Å². The molecule has 1 N–H and O–H groups in total. The Balaban J connectivity index is 2.03. The molecule has 0 aromatic heterocycles. The van der Waals surface area contributed by atoms with Gasteiger partial charge in [0.05, 0.1) is 12.6 Å². The lowest BCUT2D eigenvalue weighted by Gasteiger charge is -2.25. The standard InChI is InChI=1S/C19H24N2O2/c1-21(2)18(16-9-5-4-6-10-16)13-20-19(22)17-11-7-8-15(12-17)14-23-3/h4-12,18H,13-14H2,1-3H3,(H,20,22). The zero-order valence-electron chi connectivity index (χ0n) is 14.0. The summed E-state index contributed by atoms with van der Waals surface area (Å²) in [7, 11) is 5.68. The molecule has 2 aromatic carbocycles. The second-order valence-electron chi connectivity index (χ2n) is 5.73. The van der Waals surface area contributed by atoms with E-state index >= 15 is 0 Å². The van der Waals surface area contributed by atoms with E-state index in [1.54, 1.807) is 7.11 Å². The Morgan fingerprint density at radius 2 is 1.87 bits per heavy atom. The summed E-state index contributed by atoms with van der Waals surface area (Å²) in [5.41, 5.74) is 2.84. The Labute approximate surface area is 138 Å². The van der Waals surface area contributed by atoms with Crippen LogP contribution in [-0.2, 0) is 11.3 Å². The summed E-state index contributed by atoms with van der Waals surface area (Å²) in [6.07, 6.45) is 0. The first-order chi connectivity index (χ1) is 11.1. The summed E-state index contributed by atoms with van der Waals surface area (Å²) in [5, 5.41) is 3.03. The van der Waals surface area contributed by atoms with Crippen molar-refractivity contribution >= 4 is 5.91 Å².